The van der Waals surface area contributed by atoms with Gasteiger partial charge in [0.25, 0.3) is 0 Å². The van der Waals surface area contributed by atoms with E-state index in [9.17, 15) is 4.79 Å². The standard InChI is InChI=1S/C14H24N2O2/c1-14(2,3)18-13(17)15(4)9-5-6-10-16-11-7-8-12-16/h7-12H2,1-4H3. The summed E-state index contributed by atoms with van der Waals surface area (Å²) in [4.78, 5) is 15.5. The fraction of sp³-hybridized carbons (Fsp3) is 0.786. The molecular formula is C14H24N2O2. The highest BCUT2D eigenvalue weighted by atomic mass is 16.6. The van der Waals surface area contributed by atoms with Gasteiger partial charge < -0.3 is 9.64 Å². The number of carbonyl (C=O) groups excluding carboxylic acids is 1. The Morgan fingerprint density at radius 2 is 1.89 bits per heavy atom. The molecule has 102 valence electrons. The molecule has 0 saturated carbocycles. The van der Waals surface area contributed by atoms with Gasteiger partial charge in [-0.05, 0) is 46.7 Å². The van der Waals surface area contributed by atoms with Gasteiger partial charge in [-0.15, -0.1) is 0 Å². The molecule has 0 spiro atoms. The Morgan fingerprint density at radius 3 is 2.44 bits per heavy atom. The maximum absolute atomic E-state index is 11.6. The summed E-state index contributed by atoms with van der Waals surface area (Å²) in [5.74, 6) is 6.11. The van der Waals surface area contributed by atoms with Gasteiger partial charge in [-0.2, -0.15) is 0 Å². The van der Waals surface area contributed by atoms with Crippen molar-refractivity contribution in [1.29, 1.82) is 0 Å². The lowest BCUT2D eigenvalue weighted by Gasteiger charge is -2.23. The number of hydrogen-bond acceptors (Lipinski definition) is 3. The average molecular weight is 252 g/mol. The predicted octanol–water partition coefficient (Wildman–Crippen LogP) is 1.95. The highest BCUT2D eigenvalue weighted by Gasteiger charge is 2.18. The van der Waals surface area contributed by atoms with Crippen LogP contribution >= 0.6 is 0 Å². The van der Waals surface area contributed by atoms with Gasteiger partial charge in [0.15, 0.2) is 0 Å². The zero-order chi connectivity index (χ0) is 13.6. The van der Waals surface area contributed by atoms with Crippen molar-refractivity contribution in [3.63, 3.8) is 0 Å². The zero-order valence-corrected chi connectivity index (χ0v) is 12.0. The van der Waals surface area contributed by atoms with E-state index in [2.05, 4.69) is 16.7 Å². The summed E-state index contributed by atoms with van der Waals surface area (Å²) in [6, 6.07) is 0. The molecular weight excluding hydrogens is 228 g/mol. The molecule has 0 aliphatic carbocycles. The molecule has 1 rings (SSSR count). The van der Waals surface area contributed by atoms with Crippen LogP contribution in [0.25, 0.3) is 0 Å². The molecule has 1 amide bonds. The van der Waals surface area contributed by atoms with Crippen molar-refractivity contribution in [2.24, 2.45) is 0 Å². The largest absolute Gasteiger partial charge is 0.444 e. The van der Waals surface area contributed by atoms with Gasteiger partial charge in [-0.25, -0.2) is 4.79 Å². The molecule has 0 atom stereocenters. The molecule has 0 unspecified atom stereocenters. The summed E-state index contributed by atoms with van der Waals surface area (Å²) >= 11 is 0. The van der Waals surface area contributed by atoms with Gasteiger partial charge in [0, 0.05) is 7.05 Å². The van der Waals surface area contributed by atoms with Crippen molar-refractivity contribution in [3.8, 4) is 11.8 Å². The predicted molar refractivity (Wildman–Crippen MR) is 72.3 cm³/mol. The minimum atomic E-state index is -0.450. The summed E-state index contributed by atoms with van der Waals surface area (Å²) in [5.41, 5.74) is -0.450. The summed E-state index contributed by atoms with van der Waals surface area (Å²) in [6.07, 6.45) is 2.23. The molecule has 1 aliphatic rings. The third-order valence-corrected chi connectivity index (χ3v) is 2.65. The lowest BCUT2D eigenvalue weighted by Crippen LogP contribution is -2.34. The first-order valence-electron chi connectivity index (χ1n) is 6.51. The van der Waals surface area contributed by atoms with Crippen LogP contribution in [0.2, 0.25) is 0 Å². The summed E-state index contributed by atoms with van der Waals surface area (Å²) in [6.45, 7) is 9.10. The van der Waals surface area contributed by atoms with E-state index in [4.69, 9.17) is 4.74 Å². The van der Waals surface area contributed by atoms with E-state index in [0.717, 1.165) is 19.6 Å². The van der Waals surface area contributed by atoms with Crippen LogP contribution in [-0.2, 0) is 4.74 Å². The molecule has 0 aromatic carbocycles. The number of nitrogens with zero attached hydrogens (tertiary/aromatic N) is 2. The van der Waals surface area contributed by atoms with Gasteiger partial charge in [-0.3, -0.25) is 4.90 Å². The van der Waals surface area contributed by atoms with E-state index in [1.807, 2.05) is 20.8 Å². The molecule has 0 aromatic rings. The Labute approximate surface area is 110 Å². The molecule has 1 aliphatic heterocycles. The quantitative estimate of drug-likeness (QED) is 0.704. The van der Waals surface area contributed by atoms with Crippen molar-refractivity contribution >= 4 is 6.09 Å². The first kappa shape index (κ1) is 14.8. The number of rotatable bonds is 2. The fourth-order valence-electron chi connectivity index (χ4n) is 1.69. The van der Waals surface area contributed by atoms with E-state index in [0.29, 0.717) is 6.54 Å². The van der Waals surface area contributed by atoms with E-state index < -0.39 is 5.60 Å². The van der Waals surface area contributed by atoms with Gasteiger partial charge in [-0.1, -0.05) is 11.8 Å². The van der Waals surface area contributed by atoms with E-state index >= 15 is 0 Å². The number of ether oxygens (including phenoxy) is 1. The number of hydrogen-bond donors (Lipinski definition) is 0. The highest BCUT2D eigenvalue weighted by Crippen LogP contribution is 2.08. The number of amides is 1. The first-order valence-corrected chi connectivity index (χ1v) is 6.51. The van der Waals surface area contributed by atoms with Gasteiger partial charge >= 0.3 is 6.09 Å². The SMILES string of the molecule is CN(CC#CCN1CCCC1)C(=O)OC(C)(C)C. The van der Waals surface area contributed by atoms with E-state index in [1.54, 1.807) is 7.05 Å². The number of carbonyl (C=O) groups is 1. The van der Waals surface area contributed by atoms with Crippen LogP contribution in [-0.4, -0.2) is 54.7 Å². The van der Waals surface area contributed by atoms with Crippen LogP contribution in [0, 0.1) is 11.8 Å². The zero-order valence-electron chi connectivity index (χ0n) is 12.0. The van der Waals surface area contributed by atoms with Gasteiger partial charge in [0.05, 0.1) is 13.1 Å². The first-order chi connectivity index (χ1) is 8.38. The lowest BCUT2D eigenvalue weighted by molar-refractivity contribution is 0.0321. The van der Waals surface area contributed by atoms with Crippen LogP contribution in [0.1, 0.15) is 33.6 Å². The van der Waals surface area contributed by atoms with Crippen molar-refractivity contribution in [2.45, 2.75) is 39.2 Å². The monoisotopic (exact) mass is 252 g/mol. The van der Waals surface area contributed by atoms with Crippen LogP contribution < -0.4 is 0 Å². The molecule has 1 heterocycles. The van der Waals surface area contributed by atoms with Gasteiger partial charge in [0.2, 0.25) is 0 Å². The van der Waals surface area contributed by atoms with Crippen LogP contribution in [0.5, 0.6) is 0 Å². The van der Waals surface area contributed by atoms with Crippen LogP contribution in [0.4, 0.5) is 4.79 Å². The molecule has 18 heavy (non-hydrogen) atoms. The molecule has 0 N–H and O–H groups in total. The maximum Gasteiger partial charge on any atom is 0.410 e. The second-order valence-corrected chi connectivity index (χ2v) is 5.67. The van der Waals surface area contributed by atoms with E-state index in [1.165, 1.54) is 17.7 Å². The van der Waals surface area contributed by atoms with Crippen molar-refractivity contribution in [1.82, 2.24) is 9.80 Å². The topological polar surface area (TPSA) is 32.8 Å². The molecule has 0 bridgehead atoms. The van der Waals surface area contributed by atoms with Crippen LogP contribution in [0.3, 0.4) is 0 Å². The van der Waals surface area contributed by atoms with E-state index in [-0.39, 0.29) is 6.09 Å². The summed E-state index contributed by atoms with van der Waals surface area (Å²) in [7, 11) is 1.71. The Hall–Kier alpha value is -1.21. The Kier molecular flexibility index (Phi) is 5.49. The van der Waals surface area contributed by atoms with Gasteiger partial charge in [0.1, 0.15) is 5.60 Å². The van der Waals surface area contributed by atoms with Crippen LogP contribution in [0.15, 0.2) is 0 Å². The van der Waals surface area contributed by atoms with Crippen molar-refractivity contribution < 1.29 is 9.53 Å². The second-order valence-electron chi connectivity index (χ2n) is 5.67. The van der Waals surface area contributed by atoms with Crippen molar-refractivity contribution in [2.75, 3.05) is 33.2 Å². The normalized spacial score (nSPS) is 16.0. The number of likely N-dealkylation sites (tertiary alicyclic amines) is 1. The minimum absolute atomic E-state index is 0.321. The Balaban J connectivity index is 2.25. The highest BCUT2D eigenvalue weighted by molar-refractivity contribution is 5.68. The summed E-state index contributed by atoms with van der Waals surface area (Å²) < 4.78 is 5.24. The molecule has 1 fully saturated rings. The average Bonchev–Trinajstić information content (AvgIpc) is 2.74. The smallest absolute Gasteiger partial charge is 0.410 e. The third-order valence-electron chi connectivity index (χ3n) is 2.65. The second kappa shape index (κ2) is 6.65. The molecule has 4 heteroatoms. The van der Waals surface area contributed by atoms with Crippen molar-refractivity contribution in [3.05, 3.63) is 0 Å². The fourth-order valence-corrected chi connectivity index (χ4v) is 1.69. The maximum atomic E-state index is 11.6. The molecule has 1 saturated heterocycles. The Bertz CT molecular complexity index is 330. The molecule has 4 nitrogen and oxygen atoms in total. The molecule has 0 aromatic heterocycles. The minimum Gasteiger partial charge on any atom is -0.444 e. The molecule has 0 radical (unpaired) electrons. The lowest BCUT2D eigenvalue weighted by atomic mass is 10.2. The third kappa shape index (κ3) is 5.92. The Morgan fingerprint density at radius 1 is 1.28 bits per heavy atom. The summed E-state index contributed by atoms with van der Waals surface area (Å²) in [5, 5.41) is 0.